The Labute approximate surface area is 104 Å². The van der Waals surface area contributed by atoms with E-state index >= 15 is 0 Å². The van der Waals surface area contributed by atoms with Gasteiger partial charge in [-0.2, -0.15) is 0 Å². The number of para-hydroxylation sites is 1. The third-order valence-corrected chi connectivity index (χ3v) is 2.55. The summed E-state index contributed by atoms with van der Waals surface area (Å²) in [6.07, 6.45) is 0. The molecule has 2 aromatic carbocycles. The van der Waals surface area contributed by atoms with Crippen LogP contribution in [0.25, 0.3) is 0 Å². The summed E-state index contributed by atoms with van der Waals surface area (Å²) in [6, 6.07) is 17.2. The molecule has 0 aliphatic rings. The summed E-state index contributed by atoms with van der Waals surface area (Å²) >= 11 is -0.143. The smallest absolute Gasteiger partial charge is 0.272 e. The van der Waals surface area contributed by atoms with Crippen molar-refractivity contribution in [3.8, 4) is 5.75 Å². The normalized spacial score (nSPS) is 9.94. The van der Waals surface area contributed by atoms with Gasteiger partial charge < -0.3 is 9.50 Å². The fourth-order valence-electron chi connectivity index (χ4n) is 1.50. The first kappa shape index (κ1) is 11.8. The maximum absolute atomic E-state index is 11.9. The largest absolute Gasteiger partial charge is 0.397 e. The number of halogens is 1. The van der Waals surface area contributed by atoms with E-state index in [1.54, 1.807) is 6.07 Å². The van der Waals surface area contributed by atoms with Crippen molar-refractivity contribution >= 4 is 18.1 Å². The van der Waals surface area contributed by atoms with Crippen molar-refractivity contribution in [2.24, 2.45) is 0 Å². The zero-order valence-electron chi connectivity index (χ0n) is 9.10. The summed E-state index contributed by atoms with van der Waals surface area (Å²) in [5.41, 5.74) is 2.10. The van der Waals surface area contributed by atoms with E-state index in [1.165, 1.54) is 0 Å². The van der Waals surface area contributed by atoms with E-state index in [1.807, 2.05) is 48.5 Å². The molecule has 0 bridgehead atoms. The van der Waals surface area contributed by atoms with Crippen molar-refractivity contribution < 1.29 is 8.07 Å². The third kappa shape index (κ3) is 3.67. The van der Waals surface area contributed by atoms with Crippen LogP contribution >= 0.6 is 12.4 Å². The molecule has 0 radical (unpaired) electrons. The van der Waals surface area contributed by atoms with Gasteiger partial charge >= 0.3 is 0 Å². The van der Waals surface area contributed by atoms with Gasteiger partial charge in [0.05, 0.1) is 0 Å². The van der Waals surface area contributed by atoms with Crippen LogP contribution in [-0.2, 0) is 6.54 Å². The summed E-state index contributed by atoms with van der Waals surface area (Å²) in [6.45, 7) is 0.679. The molecule has 0 unspecified atom stereocenters. The second-order valence-electron chi connectivity index (χ2n) is 3.51. The van der Waals surface area contributed by atoms with Crippen LogP contribution in [0.15, 0.2) is 54.6 Å². The van der Waals surface area contributed by atoms with Crippen molar-refractivity contribution in [1.29, 1.82) is 0 Å². The average Bonchev–Trinajstić information content (AvgIpc) is 2.39. The molecule has 0 aromatic heterocycles. The number of benzene rings is 2. The lowest BCUT2D eigenvalue weighted by Gasteiger charge is -2.07. The monoisotopic (exact) mass is 249 g/mol. The van der Waals surface area contributed by atoms with E-state index in [-0.39, 0.29) is 12.4 Å². The van der Waals surface area contributed by atoms with E-state index < -0.39 is 0 Å². The molecule has 2 aromatic rings. The molecule has 0 atom stereocenters. The Kier molecular flexibility index (Phi) is 4.27. The van der Waals surface area contributed by atoms with Gasteiger partial charge in [-0.25, -0.2) is 0 Å². The minimum absolute atomic E-state index is 0.143. The second-order valence-corrected chi connectivity index (χ2v) is 3.81. The second kappa shape index (κ2) is 6.15. The molecule has 1 N–H and O–H groups in total. The lowest BCUT2D eigenvalue weighted by Crippen LogP contribution is -1.98. The van der Waals surface area contributed by atoms with E-state index in [4.69, 9.17) is 4.18 Å². The van der Waals surface area contributed by atoms with Gasteiger partial charge in [-0.3, -0.25) is 0 Å². The van der Waals surface area contributed by atoms with E-state index in [0.717, 1.165) is 11.3 Å². The Balaban J connectivity index is 1.97. The fourth-order valence-corrected chi connectivity index (χ4v) is 1.68. The predicted octanol–water partition coefficient (Wildman–Crippen LogP) is 4.21. The summed E-state index contributed by atoms with van der Waals surface area (Å²) in [7, 11) is 0. The maximum atomic E-state index is 11.9. The highest BCUT2D eigenvalue weighted by atomic mass is 32.2. The molecule has 2 rings (SSSR count). The molecule has 4 heteroatoms. The van der Waals surface area contributed by atoms with Crippen LogP contribution in [0, 0.1) is 0 Å². The van der Waals surface area contributed by atoms with Crippen LogP contribution < -0.4 is 9.50 Å². The fraction of sp³-hybridized carbons (Fsp3) is 0.0769. The van der Waals surface area contributed by atoms with Gasteiger partial charge in [-0.15, -0.1) is 3.89 Å². The van der Waals surface area contributed by atoms with Crippen molar-refractivity contribution in [1.82, 2.24) is 0 Å². The molecule has 0 fully saturated rings. The Morgan fingerprint density at radius 1 is 1.06 bits per heavy atom. The summed E-state index contributed by atoms with van der Waals surface area (Å²) in [4.78, 5) is 0. The molecule has 0 saturated heterocycles. The van der Waals surface area contributed by atoms with Crippen molar-refractivity contribution in [3.63, 3.8) is 0 Å². The zero-order valence-corrected chi connectivity index (χ0v) is 9.91. The first-order valence-corrected chi connectivity index (χ1v) is 5.86. The van der Waals surface area contributed by atoms with E-state index in [0.29, 0.717) is 12.3 Å². The van der Waals surface area contributed by atoms with Crippen LogP contribution in [0.2, 0.25) is 0 Å². The van der Waals surface area contributed by atoms with Crippen LogP contribution in [0.4, 0.5) is 9.57 Å². The number of anilines is 1. The van der Waals surface area contributed by atoms with E-state index in [9.17, 15) is 3.89 Å². The average molecular weight is 249 g/mol. The van der Waals surface area contributed by atoms with Gasteiger partial charge in [0, 0.05) is 12.2 Å². The molecule has 17 heavy (non-hydrogen) atoms. The summed E-state index contributed by atoms with van der Waals surface area (Å²) < 4.78 is 16.7. The molecule has 0 aliphatic carbocycles. The van der Waals surface area contributed by atoms with Crippen LogP contribution in [-0.4, -0.2) is 0 Å². The molecule has 0 aliphatic heterocycles. The van der Waals surface area contributed by atoms with Crippen LogP contribution in [0.3, 0.4) is 0 Å². The van der Waals surface area contributed by atoms with Gasteiger partial charge in [-0.1, -0.05) is 30.3 Å². The first-order chi connectivity index (χ1) is 8.38. The Morgan fingerprint density at radius 2 is 1.88 bits per heavy atom. The van der Waals surface area contributed by atoms with Crippen molar-refractivity contribution in [2.45, 2.75) is 6.54 Å². The highest BCUT2D eigenvalue weighted by Gasteiger charge is 1.98. The molecule has 2 nitrogen and oxygen atoms in total. The van der Waals surface area contributed by atoms with Crippen LogP contribution in [0.5, 0.6) is 5.75 Å². The standard InChI is InChI=1S/C13H12FNOS/c14-17-16-13-8-4-5-11(9-13)10-15-12-6-2-1-3-7-12/h1-9,15H,10H2. The topological polar surface area (TPSA) is 21.3 Å². The van der Waals surface area contributed by atoms with E-state index in [2.05, 4.69) is 5.32 Å². The van der Waals surface area contributed by atoms with Gasteiger partial charge in [0.15, 0.2) is 0 Å². The number of rotatable bonds is 5. The number of hydrogen-bond acceptors (Lipinski definition) is 3. The Morgan fingerprint density at radius 3 is 2.65 bits per heavy atom. The minimum atomic E-state index is -0.143. The van der Waals surface area contributed by atoms with Gasteiger partial charge in [0.2, 0.25) is 0 Å². The molecule has 0 spiro atoms. The molecule has 0 heterocycles. The number of hydrogen-bond donors (Lipinski definition) is 1. The highest BCUT2D eigenvalue weighted by molar-refractivity contribution is 7.89. The molecule has 0 saturated carbocycles. The zero-order chi connectivity index (χ0) is 11.9. The highest BCUT2D eigenvalue weighted by Crippen LogP contribution is 2.19. The lowest BCUT2D eigenvalue weighted by molar-refractivity contribution is 0.610. The van der Waals surface area contributed by atoms with Gasteiger partial charge in [0.25, 0.3) is 12.4 Å². The molecule has 88 valence electrons. The van der Waals surface area contributed by atoms with Crippen molar-refractivity contribution in [2.75, 3.05) is 5.32 Å². The summed E-state index contributed by atoms with van der Waals surface area (Å²) in [5.74, 6) is 0.518. The van der Waals surface area contributed by atoms with Crippen LogP contribution in [0.1, 0.15) is 5.56 Å². The predicted molar refractivity (Wildman–Crippen MR) is 69.5 cm³/mol. The minimum Gasteiger partial charge on any atom is -0.397 e. The van der Waals surface area contributed by atoms with Gasteiger partial charge in [-0.05, 0) is 29.8 Å². The number of nitrogens with one attached hydrogen (secondary N) is 1. The summed E-state index contributed by atoms with van der Waals surface area (Å²) in [5, 5.41) is 3.27. The SMILES string of the molecule is FSOc1cccc(CNc2ccccc2)c1. The first-order valence-electron chi connectivity index (χ1n) is 5.21. The maximum Gasteiger partial charge on any atom is 0.272 e. The Hall–Kier alpha value is -1.68. The molecular weight excluding hydrogens is 237 g/mol. The lowest BCUT2D eigenvalue weighted by atomic mass is 10.2. The quantitative estimate of drug-likeness (QED) is 0.802. The Bertz CT molecular complexity index is 464. The third-order valence-electron chi connectivity index (χ3n) is 2.30. The van der Waals surface area contributed by atoms with Gasteiger partial charge in [0.1, 0.15) is 5.75 Å². The molecular formula is C13H12FNOS. The van der Waals surface area contributed by atoms with Crippen molar-refractivity contribution in [3.05, 3.63) is 60.2 Å². The molecule has 0 amide bonds.